The van der Waals surface area contributed by atoms with Crippen molar-refractivity contribution in [3.63, 3.8) is 0 Å². The highest BCUT2D eigenvalue weighted by Gasteiger charge is 2.45. The third-order valence-electron chi connectivity index (χ3n) is 4.24. The lowest BCUT2D eigenvalue weighted by molar-refractivity contribution is -0.287. The highest BCUT2D eigenvalue weighted by Crippen LogP contribution is 2.47. The van der Waals surface area contributed by atoms with E-state index in [2.05, 4.69) is 21.9 Å². The molecule has 0 aliphatic carbocycles. The highest BCUT2D eigenvalue weighted by atomic mass is 35.5. The van der Waals surface area contributed by atoms with Gasteiger partial charge in [-0.05, 0) is 12.5 Å². The fourth-order valence-electron chi connectivity index (χ4n) is 3.18. The molecule has 0 unspecified atom stereocenters. The number of rotatable bonds is 5. The molecule has 0 bridgehead atoms. The molecule has 1 N–H and O–H groups in total. The van der Waals surface area contributed by atoms with Gasteiger partial charge in [-0.1, -0.05) is 31.9 Å². The molecule has 4 nitrogen and oxygen atoms in total. The topological polar surface area (TPSA) is 33.7 Å². The Morgan fingerprint density at radius 3 is 2.70 bits per heavy atom. The van der Waals surface area contributed by atoms with Crippen LogP contribution in [0.25, 0.3) is 0 Å². The summed E-state index contributed by atoms with van der Waals surface area (Å²) in [5, 5.41) is 3.32. The molecule has 7 heteroatoms. The van der Waals surface area contributed by atoms with Crippen LogP contribution < -0.4 is 14.8 Å². The molecule has 3 rings (SSSR count). The normalized spacial score (nSPS) is 20.8. The van der Waals surface area contributed by atoms with Crippen LogP contribution in [0.1, 0.15) is 37.8 Å². The first-order chi connectivity index (χ1) is 10.6. The molecule has 1 fully saturated rings. The van der Waals surface area contributed by atoms with Gasteiger partial charge in [0.1, 0.15) is 0 Å². The van der Waals surface area contributed by atoms with Crippen molar-refractivity contribution in [3.8, 4) is 11.5 Å². The molecule has 2 aliphatic rings. The van der Waals surface area contributed by atoms with Crippen molar-refractivity contribution < 1.29 is 18.3 Å². The minimum atomic E-state index is -3.56. The lowest BCUT2D eigenvalue weighted by Gasteiger charge is -2.35. The third kappa shape index (κ3) is 4.05. The summed E-state index contributed by atoms with van der Waals surface area (Å²) >= 11 is 0. The minimum absolute atomic E-state index is 0. The Balaban J connectivity index is 0.00000192. The van der Waals surface area contributed by atoms with E-state index in [0.717, 1.165) is 51.0 Å². The first-order valence-electron chi connectivity index (χ1n) is 7.94. The van der Waals surface area contributed by atoms with E-state index in [-0.39, 0.29) is 29.9 Å². The number of fused-ring (bicyclic) bond motifs is 1. The Bertz CT molecular complexity index is 525. The summed E-state index contributed by atoms with van der Waals surface area (Å²) in [6.07, 6.45) is -0.500. The molecular weight excluding hydrogens is 326 g/mol. The standard InChI is InChI=1S/C16H22F2N2O2.ClH/c1-2-3-6-13(20-10-8-19-9-11-20)12-5-4-7-14-15(12)22-16(17,18)21-14;/h4-5,7,13,19H,2-3,6,8-11H2,1H3;1H/t13-;/m0./s1. The van der Waals surface area contributed by atoms with E-state index in [1.807, 2.05) is 6.07 Å². The molecule has 1 aromatic carbocycles. The van der Waals surface area contributed by atoms with E-state index in [0.29, 0.717) is 0 Å². The van der Waals surface area contributed by atoms with Gasteiger partial charge in [-0.2, -0.15) is 0 Å². The van der Waals surface area contributed by atoms with Crippen LogP contribution in [-0.2, 0) is 0 Å². The Labute approximate surface area is 141 Å². The second kappa shape index (κ2) is 7.64. The molecule has 2 aliphatic heterocycles. The van der Waals surface area contributed by atoms with Crippen LogP contribution in [0, 0.1) is 0 Å². The van der Waals surface area contributed by atoms with Crippen molar-refractivity contribution in [3.05, 3.63) is 23.8 Å². The zero-order chi connectivity index (χ0) is 15.6. The van der Waals surface area contributed by atoms with Crippen LogP contribution in [-0.4, -0.2) is 37.4 Å². The molecule has 0 radical (unpaired) electrons. The van der Waals surface area contributed by atoms with E-state index in [1.54, 1.807) is 6.07 Å². The van der Waals surface area contributed by atoms with Crippen molar-refractivity contribution in [1.29, 1.82) is 0 Å². The molecular formula is C16H23ClF2N2O2. The van der Waals surface area contributed by atoms with Gasteiger partial charge in [0.25, 0.3) is 0 Å². The number of halogens is 3. The lowest BCUT2D eigenvalue weighted by atomic mass is 9.97. The Kier molecular flexibility index (Phi) is 6.06. The fraction of sp³-hybridized carbons (Fsp3) is 0.625. The Morgan fingerprint density at radius 1 is 1.26 bits per heavy atom. The van der Waals surface area contributed by atoms with Gasteiger partial charge in [-0.3, -0.25) is 4.90 Å². The monoisotopic (exact) mass is 348 g/mol. The average molecular weight is 349 g/mol. The lowest BCUT2D eigenvalue weighted by Crippen LogP contribution is -2.45. The number of hydrogen-bond donors (Lipinski definition) is 1. The van der Waals surface area contributed by atoms with Gasteiger partial charge in [0, 0.05) is 37.8 Å². The zero-order valence-electron chi connectivity index (χ0n) is 13.2. The summed E-state index contributed by atoms with van der Waals surface area (Å²) in [6.45, 7) is 5.80. The van der Waals surface area contributed by atoms with Crippen LogP contribution in [0.15, 0.2) is 18.2 Å². The maximum absolute atomic E-state index is 13.4. The smallest absolute Gasteiger partial charge is 0.395 e. The van der Waals surface area contributed by atoms with Crippen molar-refractivity contribution in [2.45, 2.75) is 38.5 Å². The molecule has 0 saturated carbocycles. The minimum Gasteiger partial charge on any atom is -0.395 e. The Hall–Kier alpha value is -1.11. The summed E-state index contributed by atoms with van der Waals surface area (Å²) in [5.41, 5.74) is 0.810. The van der Waals surface area contributed by atoms with Gasteiger partial charge in [-0.15, -0.1) is 21.2 Å². The highest BCUT2D eigenvalue weighted by molar-refractivity contribution is 5.85. The van der Waals surface area contributed by atoms with Gasteiger partial charge in [-0.25, -0.2) is 0 Å². The third-order valence-corrected chi connectivity index (χ3v) is 4.24. The van der Waals surface area contributed by atoms with E-state index >= 15 is 0 Å². The predicted octanol–water partition coefficient (Wildman–Crippen LogP) is 3.57. The molecule has 23 heavy (non-hydrogen) atoms. The van der Waals surface area contributed by atoms with Gasteiger partial charge in [0.2, 0.25) is 0 Å². The van der Waals surface area contributed by atoms with Crippen LogP contribution >= 0.6 is 12.4 Å². The molecule has 0 amide bonds. The maximum Gasteiger partial charge on any atom is 0.586 e. The number of ether oxygens (including phenoxy) is 2. The second-order valence-electron chi connectivity index (χ2n) is 5.79. The molecule has 1 aromatic rings. The first-order valence-corrected chi connectivity index (χ1v) is 7.94. The van der Waals surface area contributed by atoms with E-state index in [4.69, 9.17) is 4.74 Å². The second-order valence-corrected chi connectivity index (χ2v) is 5.79. The van der Waals surface area contributed by atoms with Gasteiger partial charge in [0.05, 0.1) is 0 Å². The number of unbranched alkanes of at least 4 members (excludes halogenated alkanes) is 1. The fourth-order valence-corrected chi connectivity index (χ4v) is 3.18. The number of nitrogens with one attached hydrogen (secondary N) is 1. The molecule has 2 heterocycles. The molecule has 1 atom stereocenters. The number of nitrogens with zero attached hydrogens (tertiary/aromatic N) is 1. The Morgan fingerprint density at radius 2 is 2.00 bits per heavy atom. The SMILES string of the molecule is CCCC[C@@H](c1cccc2c1OC(F)(F)O2)N1CCNCC1.Cl. The molecule has 1 saturated heterocycles. The van der Waals surface area contributed by atoms with Gasteiger partial charge < -0.3 is 14.8 Å². The summed E-state index contributed by atoms with van der Waals surface area (Å²) in [5.74, 6) is 0.339. The van der Waals surface area contributed by atoms with E-state index < -0.39 is 6.29 Å². The molecule has 0 spiro atoms. The molecule has 130 valence electrons. The largest absolute Gasteiger partial charge is 0.586 e. The number of alkyl halides is 2. The summed E-state index contributed by atoms with van der Waals surface area (Å²) < 4.78 is 36.2. The van der Waals surface area contributed by atoms with Crippen LogP contribution in [0.3, 0.4) is 0 Å². The number of para-hydroxylation sites is 1. The van der Waals surface area contributed by atoms with E-state index in [9.17, 15) is 8.78 Å². The zero-order valence-corrected chi connectivity index (χ0v) is 14.0. The number of hydrogen-bond acceptors (Lipinski definition) is 4. The van der Waals surface area contributed by atoms with Crippen LogP contribution in [0.2, 0.25) is 0 Å². The van der Waals surface area contributed by atoms with Crippen molar-refractivity contribution in [1.82, 2.24) is 10.2 Å². The summed E-state index contributed by atoms with van der Waals surface area (Å²) in [6, 6.07) is 5.27. The first kappa shape index (κ1) is 18.2. The van der Waals surface area contributed by atoms with Crippen molar-refractivity contribution in [2.75, 3.05) is 26.2 Å². The molecule has 0 aromatic heterocycles. The predicted molar refractivity (Wildman–Crippen MR) is 86.6 cm³/mol. The van der Waals surface area contributed by atoms with Crippen molar-refractivity contribution >= 4 is 12.4 Å². The summed E-state index contributed by atoms with van der Waals surface area (Å²) in [4.78, 5) is 2.35. The van der Waals surface area contributed by atoms with E-state index in [1.165, 1.54) is 6.07 Å². The number of benzene rings is 1. The van der Waals surface area contributed by atoms with Crippen LogP contribution in [0.5, 0.6) is 11.5 Å². The van der Waals surface area contributed by atoms with Crippen molar-refractivity contribution in [2.24, 2.45) is 0 Å². The van der Waals surface area contributed by atoms with Gasteiger partial charge in [0.15, 0.2) is 11.5 Å². The number of piperazine rings is 1. The quantitative estimate of drug-likeness (QED) is 0.882. The average Bonchev–Trinajstić information content (AvgIpc) is 2.83. The van der Waals surface area contributed by atoms with Crippen LogP contribution in [0.4, 0.5) is 8.78 Å². The maximum atomic E-state index is 13.4. The van der Waals surface area contributed by atoms with Gasteiger partial charge >= 0.3 is 6.29 Å². The summed E-state index contributed by atoms with van der Waals surface area (Å²) in [7, 11) is 0.